The maximum Gasteiger partial charge on any atom is 0.244 e. The first-order valence-electron chi connectivity index (χ1n) is 8.50. The van der Waals surface area contributed by atoms with Crippen LogP contribution in [-0.2, 0) is 23.2 Å². The molecule has 7 heteroatoms. The maximum absolute atomic E-state index is 12.0. The highest BCUT2D eigenvalue weighted by Gasteiger charge is 2.21. The molecular formula is C19H21ClN4O2. The van der Waals surface area contributed by atoms with Gasteiger partial charge in [-0.1, -0.05) is 23.7 Å². The Bertz CT molecular complexity index is 855. The quantitative estimate of drug-likeness (QED) is 0.820. The molecule has 1 N–H and O–H groups in total. The molecule has 2 amide bonds. The van der Waals surface area contributed by atoms with E-state index in [0.29, 0.717) is 18.1 Å². The van der Waals surface area contributed by atoms with E-state index in [-0.39, 0.29) is 11.8 Å². The van der Waals surface area contributed by atoms with Crippen LogP contribution in [0.2, 0.25) is 5.15 Å². The van der Waals surface area contributed by atoms with E-state index >= 15 is 0 Å². The molecule has 0 saturated carbocycles. The predicted octanol–water partition coefficient (Wildman–Crippen LogP) is 2.84. The highest BCUT2D eigenvalue weighted by molar-refractivity contribution is 6.31. The van der Waals surface area contributed by atoms with Crippen molar-refractivity contribution < 1.29 is 9.59 Å². The number of aromatic nitrogens is 2. The predicted molar refractivity (Wildman–Crippen MR) is 102 cm³/mol. The second-order valence-electron chi connectivity index (χ2n) is 6.28. The number of benzene rings is 1. The smallest absolute Gasteiger partial charge is 0.244 e. The number of hydrogen-bond acceptors (Lipinski definition) is 3. The van der Waals surface area contributed by atoms with Gasteiger partial charge >= 0.3 is 0 Å². The van der Waals surface area contributed by atoms with Gasteiger partial charge in [-0.05, 0) is 37.1 Å². The van der Waals surface area contributed by atoms with E-state index in [2.05, 4.69) is 10.4 Å². The van der Waals surface area contributed by atoms with Crippen molar-refractivity contribution in [2.24, 2.45) is 7.05 Å². The lowest BCUT2D eigenvalue weighted by molar-refractivity contribution is -0.117. The molecular weight excluding hydrogens is 352 g/mol. The second kappa shape index (κ2) is 7.74. The van der Waals surface area contributed by atoms with Crippen LogP contribution in [0.15, 0.2) is 30.3 Å². The number of aryl methyl sites for hydroxylation is 2. The van der Waals surface area contributed by atoms with Crippen molar-refractivity contribution in [1.29, 1.82) is 0 Å². The lowest BCUT2D eigenvalue weighted by atomic mass is 10.2. The minimum atomic E-state index is -0.205. The van der Waals surface area contributed by atoms with Crippen LogP contribution in [0.25, 0.3) is 6.08 Å². The van der Waals surface area contributed by atoms with Gasteiger partial charge in [-0.3, -0.25) is 14.3 Å². The standard InChI is InChI=1S/C19H21ClN4O2/c1-13-16(19(20)23(2)22-13)9-10-17(25)21-12-14-5-7-15(8-6-14)24-11-3-4-18(24)26/h5-10H,3-4,11-12H2,1-2H3,(H,21,25)/b10-9+. The van der Waals surface area contributed by atoms with Gasteiger partial charge in [-0.15, -0.1) is 0 Å². The first-order chi connectivity index (χ1) is 12.5. The first kappa shape index (κ1) is 18.2. The lowest BCUT2D eigenvalue weighted by Gasteiger charge is -2.15. The second-order valence-corrected chi connectivity index (χ2v) is 6.64. The zero-order chi connectivity index (χ0) is 18.7. The monoisotopic (exact) mass is 372 g/mol. The molecule has 2 aromatic rings. The minimum Gasteiger partial charge on any atom is -0.348 e. The number of nitrogens with zero attached hydrogens (tertiary/aromatic N) is 3. The van der Waals surface area contributed by atoms with Crippen molar-refractivity contribution in [2.75, 3.05) is 11.4 Å². The van der Waals surface area contributed by atoms with Gasteiger partial charge in [-0.2, -0.15) is 5.10 Å². The third kappa shape index (κ3) is 3.96. The van der Waals surface area contributed by atoms with E-state index in [1.165, 1.54) is 6.08 Å². The molecule has 0 spiro atoms. The Hall–Kier alpha value is -2.60. The topological polar surface area (TPSA) is 67.2 Å². The highest BCUT2D eigenvalue weighted by Crippen LogP contribution is 2.22. The summed E-state index contributed by atoms with van der Waals surface area (Å²) in [5, 5.41) is 7.54. The lowest BCUT2D eigenvalue weighted by Crippen LogP contribution is -2.23. The molecule has 26 heavy (non-hydrogen) atoms. The maximum atomic E-state index is 12.0. The third-order valence-electron chi connectivity index (χ3n) is 4.39. The largest absolute Gasteiger partial charge is 0.348 e. The Kier molecular flexibility index (Phi) is 5.42. The molecule has 1 aliphatic rings. The first-order valence-corrected chi connectivity index (χ1v) is 8.88. The number of nitrogens with one attached hydrogen (secondary N) is 1. The molecule has 0 radical (unpaired) electrons. The fraction of sp³-hybridized carbons (Fsp3) is 0.316. The summed E-state index contributed by atoms with van der Waals surface area (Å²) in [5.74, 6) is -0.0383. The van der Waals surface area contributed by atoms with Gasteiger partial charge in [-0.25, -0.2) is 0 Å². The molecule has 1 aromatic heterocycles. The molecule has 3 rings (SSSR count). The Balaban J connectivity index is 1.56. The van der Waals surface area contributed by atoms with Crippen molar-refractivity contribution in [3.05, 3.63) is 52.3 Å². The van der Waals surface area contributed by atoms with Crippen LogP contribution < -0.4 is 10.2 Å². The number of halogens is 1. The van der Waals surface area contributed by atoms with Crippen LogP contribution in [0.3, 0.4) is 0 Å². The summed E-state index contributed by atoms with van der Waals surface area (Å²) in [6.45, 7) is 3.03. The number of rotatable bonds is 5. The molecule has 0 unspecified atom stereocenters. The normalized spacial score (nSPS) is 14.4. The number of hydrogen-bond donors (Lipinski definition) is 1. The summed E-state index contributed by atoms with van der Waals surface area (Å²) in [4.78, 5) is 25.6. The Labute approximate surface area is 157 Å². The Morgan fingerprint density at radius 3 is 2.65 bits per heavy atom. The van der Waals surface area contributed by atoms with Crippen LogP contribution in [0.4, 0.5) is 5.69 Å². The van der Waals surface area contributed by atoms with Crippen molar-refractivity contribution in [2.45, 2.75) is 26.3 Å². The number of amides is 2. The van der Waals surface area contributed by atoms with Crippen molar-refractivity contribution in [1.82, 2.24) is 15.1 Å². The summed E-state index contributed by atoms with van der Waals surface area (Å²) < 4.78 is 1.57. The van der Waals surface area contributed by atoms with E-state index in [0.717, 1.165) is 35.5 Å². The molecule has 6 nitrogen and oxygen atoms in total. The van der Waals surface area contributed by atoms with E-state index in [4.69, 9.17) is 11.6 Å². The summed E-state index contributed by atoms with van der Waals surface area (Å²) in [6, 6.07) is 7.68. The molecule has 0 bridgehead atoms. The SMILES string of the molecule is Cc1nn(C)c(Cl)c1/C=C/C(=O)NCc1ccc(N2CCCC2=O)cc1. The zero-order valence-electron chi connectivity index (χ0n) is 14.8. The van der Waals surface area contributed by atoms with Crippen LogP contribution in [0.5, 0.6) is 0 Å². The molecule has 2 heterocycles. The van der Waals surface area contributed by atoms with Gasteiger partial charge in [0.15, 0.2) is 0 Å². The minimum absolute atomic E-state index is 0.167. The summed E-state index contributed by atoms with van der Waals surface area (Å²) in [7, 11) is 1.76. The number of anilines is 1. The van der Waals surface area contributed by atoms with Crippen molar-refractivity contribution in [3.8, 4) is 0 Å². The van der Waals surface area contributed by atoms with Crippen LogP contribution in [-0.4, -0.2) is 28.1 Å². The average Bonchev–Trinajstić information content (AvgIpc) is 3.15. The van der Waals surface area contributed by atoms with Crippen LogP contribution >= 0.6 is 11.6 Å². The number of carbonyl (C=O) groups excluding carboxylic acids is 2. The van der Waals surface area contributed by atoms with E-state index in [1.54, 1.807) is 22.7 Å². The highest BCUT2D eigenvalue weighted by atomic mass is 35.5. The van der Waals surface area contributed by atoms with Gasteiger partial charge in [0.1, 0.15) is 5.15 Å². The summed E-state index contributed by atoms with van der Waals surface area (Å²) in [6.07, 6.45) is 4.64. The van der Waals surface area contributed by atoms with Crippen LogP contribution in [0.1, 0.15) is 29.7 Å². The van der Waals surface area contributed by atoms with Gasteiger partial charge in [0.25, 0.3) is 0 Å². The fourth-order valence-corrected chi connectivity index (χ4v) is 3.20. The van der Waals surface area contributed by atoms with Gasteiger partial charge < -0.3 is 10.2 Å². The van der Waals surface area contributed by atoms with E-state index in [9.17, 15) is 9.59 Å². The van der Waals surface area contributed by atoms with E-state index in [1.807, 2.05) is 31.2 Å². The molecule has 1 aromatic carbocycles. The molecule has 0 atom stereocenters. The Morgan fingerprint density at radius 2 is 2.08 bits per heavy atom. The molecule has 1 aliphatic heterocycles. The van der Waals surface area contributed by atoms with Gasteiger partial charge in [0, 0.05) is 43.9 Å². The molecule has 0 aliphatic carbocycles. The zero-order valence-corrected chi connectivity index (χ0v) is 15.6. The molecule has 1 fully saturated rings. The van der Waals surface area contributed by atoms with Crippen molar-refractivity contribution >= 4 is 35.2 Å². The molecule has 136 valence electrons. The summed E-state index contributed by atoms with van der Waals surface area (Å²) >= 11 is 6.14. The van der Waals surface area contributed by atoms with Gasteiger partial charge in [0.2, 0.25) is 11.8 Å². The third-order valence-corrected chi connectivity index (χ3v) is 4.83. The Morgan fingerprint density at radius 1 is 1.35 bits per heavy atom. The van der Waals surface area contributed by atoms with Crippen LogP contribution in [0, 0.1) is 6.92 Å². The fourth-order valence-electron chi connectivity index (χ4n) is 2.96. The van der Waals surface area contributed by atoms with Crippen molar-refractivity contribution in [3.63, 3.8) is 0 Å². The summed E-state index contributed by atoms with van der Waals surface area (Å²) in [5.41, 5.74) is 3.39. The number of carbonyl (C=O) groups is 2. The average molecular weight is 373 g/mol. The van der Waals surface area contributed by atoms with Gasteiger partial charge in [0.05, 0.1) is 5.69 Å². The van der Waals surface area contributed by atoms with E-state index < -0.39 is 0 Å². The molecule has 1 saturated heterocycles.